The van der Waals surface area contributed by atoms with E-state index in [1.165, 1.54) is 17.0 Å². The molecule has 2 aromatic rings. The zero-order valence-electron chi connectivity index (χ0n) is 19.4. The Balaban J connectivity index is 2.21. The molecule has 0 fully saturated rings. The summed E-state index contributed by atoms with van der Waals surface area (Å²) in [5.74, 6) is -0.221. The summed E-state index contributed by atoms with van der Waals surface area (Å²) in [5, 5.41) is 2.95. The number of rotatable bonds is 8. The van der Waals surface area contributed by atoms with Gasteiger partial charge in [-0.05, 0) is 63.4 Å². The number of urea groups is 1. The molecular weight excluding hydrogens is 413 g/mol. The van der Waals surface area contributed by atoms with Crippen molar-refractivity contribution in [3.8, 4) is 0 Å². The standard InChI is InChI=1S/C24H34FN3O2S/c1-17(2)13-28(23(30)26-24(4,5)6)16-22(29)27(15-21-12-7-18(3)31-21)14-19-8-10-20(25)11-9-19/h7-12,17H,13-16H2,1-6H3,(H,26,30). The first-order valence-electron chi connectivity index (χ1n) is 10.6. The van der Waals surface area contributed by atoms with Crippen molar-refractivity contribution in [2.45, 2.75) is 60.2 Å². The lowest BCUT2D eigenvalue weighted by Crippen LogP contribution is -2.52. The van der Waals surface area contributed by atoms with Gasteiger partial charge in [-0.1, -0.05) is 26.0 Å². The van der Waals surface area contributed by atoms with Gasteiger partial charge in [-0.3, -0.25) is 4.79 Å². The molecular formula is C24H34FN3O2S. The van der Waals surface area contributed by atoms with Crippen LogP contribution < -0.4 is 5.32 Å². The van der Waals surface area contributed by atoms with Gasteiger partial charge in [-0.15, -0.1) is 11.3 Å². The van der Waals surface area contributed by atoms with Crippen LogP contribution in [-0.2, 0) is 17.9 Å². The summed E-state index contributed by atoms with van der Waals surface area (Å²) in [5.41, 5.74) is 0.454. The van der Waals surface area contributed by atoms with E-state index in [0.717, 1.165) is 10.4 Å². The summed E-state index contributed by atoms with van der Waals surface area (Å²) in [6, 6.07) is 9.97. The maximum absolute atomic E-state index is 13.3. The monoisotopic (exact) mass is 447 g/mol. The molecule has 1 heterocycles. The minimum atomic E-state index is -0.391. The van der Waals surface area contributed by atoms with Crippen molar-refractivity contribution in [1.82, 2.24) is 15.1 Å². The van der Waals surface area contributed by atoms with E-state index in [-0.39, 0.29) is 30.2 Å². The van der Waals surface area contributed by atoms with Crippen LogP contribution >= 0.6 is 11.3 Å². The molecule has 0 aliphatic carbocycles. The predicted molar refractivity (Wildman–Crippen MR) is 124 cm³/mol. The molecule has 3 amide bonds. The summed E-state index contributed by atoms with van der Waals surface area (Å²) < 4.78 is 13.3. The Bertz CT molecular complexity index is 872. The maximum atomic E-state index is 13.3. The second-order valence-corrected chi connectivity index (χ2v) is 10.7. The molecule has 1 N–H and O–H groups in total. The highest BCUT2D eigenvalue weighted by Crippen LogP contribution is 2.19. The van der Waals surface area contributed by atoms with Gasteiger partial charge in [0.15, 0.2) is 0 Å². The third-order valence-corrected chi connectivity index (χ3v) is 5.45. The Labute approximate surface area is 189 Å². The molecule has 0 saturated heterocycles. The highest BCUT2D eigenvalue weighted by Gasteiger charge is 2.25. The summed E-state index contributed by atoms with van der Waals surface area (Å²) in [6.07, 6.45) is 0. The number of hydrogen-bond acceptors (Lipinski definition) is 3. The molecule has 1 aromatic carbocycles. The largest absolute Gasteiger partial charge is 0.333 e. The molecule has 7 heteroatoms. The van der Waals surface area contributed by atoms with Crippen LogP contribution in [-0.4, -0.2) is 40.4 Å². The lowest BCUT2D eigenvalue weighted by Gasteiger charge is -2.31. The van der Waals surface area contributed by atoms with Gasteiger partial charge in [0.1, 0.15) is 12.4 Å². The van der Waals surface area contributed by atoms with E-state index in [1.54, 1.807) is 33.3 Å². The number of hydrogen-bond donors (Lipinski definition) is 1. The van der Waals surface area contributed by atoms with Crippen LogP contribution in [0.4, 0.5) is 9.18 Å². The molecule has 2 rings (SSSR count). The average molecular weight is 448 g/mol. The quantitative estimate of drug-likeness (QED) is 0.605. The van der Waals surface area contributed by atoms with Crippen molar-refractivity contribution < 1.29 is 14.0 Å². The Hall–Kier alpha value is -2.41. The lowest BCUT2D eigenvalue weighted by molar-refractivity contribution is -0.133. The van der Waals surface area contributed by atoms with Gasteiger partial charge in [0.2, 0.25) is 5.91 Å². The predicted octanol–water partition coefficient (Wildman–Crippen LogP) is 5.19. The van der Waals surface area contributed by atoms with Gasteiger partial charge in [0.25, 0.3) is 0 Å². The lowest BCUT2D eigenvalue weighted by atomic mass is 10.1. The number of nitrogens with one attached hydrogen (secondary N) is 1. The fraction of sp³-hybridized carbons (Fsp3) is 0.500. The fourth-order valence-corrected chi connectivity index (χ4v) is 4.03. The number of halogens is 1. The van der Waals surface area contributed by atoms with E-state index >= 15 is 0 Å². The number of carbonyl (C=O) groups excluding carboxylic acids is 2. The Kier molecular flexibility index (Phi) is 8.62. The van der Waals surface area contributed by atoms with Crippen molar-refractivity contribution in [1.29, 1.82) is 0 Å². The van der Waals surface area contributed by atoms with E-state index in [1.807, 2.05) is 53.7 Å². The molecule has 5 nitrogen and oxygen atoms in total. The molecule has 0 spiro atoms. The van der Waals surface area contributed by atoms with Crippen LogP contribution in [0.2, 0.25) is 0 Å². The summed E-state index contributed by atoms with van der Waals surface area (Å²) in [6.45, 7) is 13.1. The number of nitrogens with zero attached hydrogens (tertiary/aromatic N) is 2. The van der Waals surface area contributed by atoms with Crippen LogP contribution in [0.1, 0.15) is 49.9 Å². The number of amides is 3. The van der Waals surface area contributed by atoms with E-state index in [9.17, 15) is 14.0 Å². The molecule has 0 bridgehead atoms. The second kappa shape index (κ2) is 10.8. The maximum Gasteiger partial charge on any atom is 0.318 e. The summed E-state index contributed by atoms with van der Waals surface area (Å²) in [4.78, 5) is 31.7. The zero-order chi connectivity index (χ0) is 23.2. The van der Waals surface area contributed by atoms with Crippen molar-refractivity contribution in [3.63, 3.8) is 0 Å². The number of aryl methyl sites for hydroxylation is 1. The fourth-order valence-electron chi connectivity index (χ4n) is 3.12. The normalized spacial score (nSPS) is 11.5. The topological polar surface area (TPSA) is 52.7 Å². The minimum Gasteiger partial charge on any atom is -0.333 e. The van der Waals surface area contributed by atoms with Gasteiger partial charge in [0, 0.05) is 28.4 Å². The summed E-state index contributed by atoms with van der Waals surface area (Å²) >= 11 is 1.64. The first-order valence-corrected chi connectivity index (χ1v) is 11.4. The minimum absolute atomic E-state index is 0.00829. The second-order valence-electron chi connectivity index (χ2n) is 9.34. The van der Waals surface area contributed by atoms with Gasteiger partial charge in [-0.25, -0.2) is 9.18 Å². The Morgan fingerprint density at radius 2 is 1.68 bits per heavy atom. The van der Waals surface area contributed by atoms with Crippen LogP contribution in [0.5, 0.6) is 0 Å². The highest BCUT2D eigenvalue weighted by atomic mass is 32.1. The van der Waals surface area contributed by atoms with Gasteiger partial charge in [0.05, 0.1) is 6.54 Å². The molecule has 0 radical (unpaired) electrons. The zero-order valence-corrected chi connectivity index (χ0v) is 20.2. The van der Waals surface area contributed by atoms with Crippen molar-refractivity contribution in [2.75, 3.05) is 13.1 Å². The van der Waals surface area contributed by atoms with E-state index < -0.39 is 5.54 Å². The van der Waals surface area contributed by atoms with E-state index in [0.29, 0.717) is 19.6 Å². The molecule has 0 atom stereocenters. The Morgan fingerprint density at radius 3 is 2.19 bits per heavy atom. The first kappa shape index (κ1) is 24.9. The van der Waals surface area contributed by atoms with Crippen molar-refractivity contribution in [3.05, 3.63) is 57.5 Å². The smallest absolute Gasteiger partial charge is 0.318 e. The number of carbonyl (C=O) groups is 2. The van der Waals surface area contributed by atoms with Crippen LogP contribution in [0, 0.1) is 18.7 Å². The molecule has 0 unspecified atom stereocenters. The molecule has 0 aliphatic heterocycles. The van der Waals surface area contributed by atoms with Gasteiger partial charge >= 0.3 is 6.03 Å². The first-order chi connectivity index (χ1) is 14.4. The Morgan fingerprint density at radius 1 is 1.03 bits per heavy atom. The SMILES string of the molecule is Cc1ccc(CN(Cc2ccc(F)cc2)C(=O)CN(CC(C)C)C(=O)NC(C)(C)C)s1. The molecule has 170 valence electrons. The van der Waals surface area contributed by atoms with E-state index in [4.69, 9.17) is 0 Å². The third kappa shape index (κ3) is 8.69. The molecule has 0 saturated carbocycles. The molecule has 1 aromatic heterocycles. The molecule has 0 aliphatic rings. The average Bonchev–Trinajstić information content (AvgIpc) is 3.05. The van der Waals surface area contributed by atoms with E-state index in [2.05, 4.69) is 5.32 Å². The highest BCUT2D eigenvalue weighted by molar-refractivity contribution is 7.11. The third-order valence-electron chi connectivity index (χ3n) is 4.46. The molecule has 31 heavy (non-hydrogen) atoms. The van der Waals surface area contributed by atoms with Crippen LogP contribution in [0.15, 0.2) is 36.4 Å². The van der Waals surface area contributed by atoms with Gasteiger partial charge in [-0.2, -0.15) is 0 Å². The van der Waals surface area contributed by atoms with Crippen LogP contribution in [0.3, 0.4) is 0 Å². The van der Waals surface area contributed by atoms with Crippen LogP contribution in [0.25, 0.3) is 0 Å². The number of benzene rings is 1. The van der Waals surface area contributed by atoms with Crippen molar-refractivity contribution >= 4 is 23.3 Å². The number of thiophene rings is 1. The van der Waals surface area contributed by atoms with Crippen molar-refractivity contribution in [2.24, 2.45) is 5.92 Å². The summed E-state index contributed by atoms with van der Waals surface area (Å²) in [7, 11) is 0. The van der Waals surface area contributed by atoms with Gasteiger partial charge < -0.3 is 15.1 Å².